The van der Waals surface area contributed by atoms with E-state index < -0.39 is 31.5 Å². The van der Waals surface area contributed by atoms with Gasteiger partial charge in [-0.05, 0) is 172 Å². The molecule has 0 saturated heterocycles. The standard InChI is InChI=1S/C20H14ClI2NO4S.C19H11Cl3INO4S/c1-11-2-4-13(5-3-11)29(27,28)14-6-7-16(21)18(10-14)24-20(26)15-8-12(22)9-17(23)19(15)25;20-10-1-3-12(4-2-10)29(27,28)13-5-6-15(22)17(9-13)24-19(26)14-7-11(21)8-16(23)18(14)25/h2-10,25H,1H3,(H,24,26);1-9,25H,(H,24,26). The lowest BCUT2D eigenvalue weighted by Gasteiger charge is -2.12. The van der Waals surface area contributed by atoms with Crippen molar-refractivity contribution < 1.29 is 36.6 Å². The highest BCUT2D eigenvalue weighted by atomic mass is 127. The van der Waals surface area contributed by atoms with Crippen molar-refractivity contribution in [2.45, 2.75) is 26.5 Å². The van der Waals surface area contributed by atoms with Gasteiger partial charge >= 0.3 is 0 Å². The van der Waals surface area contributed by atoms with Crippen molar-refractivity contribution in [3.63, 3.8) is 0 Å². The van der Waals surface area contributed by atoms with Crippen molar-refractivity contribution in [1.29, 1.82) is 0 Å². The number of phenols is 2. The SMILES string of the molecule is Cc1ccc(S(=O)(=O)c2ccc(Cl)c(NC(=O)c3cc(I)cc(I)c3O)c2)cc1.O=C(Nc1cc(S(=O)(=O)c2ccc(Cl)cc2)ccc1Cl)c1cc(Cl)cc(I)c1O. The highest BCUT2D eigenvalue weighted by Gasteiger charge is 2.23. The molecule has 6 aromatic carbocycles. The van der Waals surface area contributed by atoms with Crippen LogP contribution in [0.5, 0.6) is 11.5 Å². The van der Waals surface area contributed by atoms with Crippen LogP contribution in [-0.2, 0) is 19.7 Å². The molecule has 19 heteroatoms. The van der Waals surface area contributed by atoms with Crippen molar-refractivity contribution in [1.82, 2.24) is 0 Å². The van der Waals surface area contributed by atoms with Gasteiger partial charge in [0, 0.05) is 13.6 Å². The van der Waals surface area contributed by atoms with Crippen LogP contribution in [0.25, 0.3) is 0 Å². The molecule has 2 amide bonds. The van der Waals surface area contributed by atoms with Crippen molar-refractivity contribution in [3.8, 4) is 11.5 Å². The Bertz CT molecular complexity index is 2620. The van der Waals surface area contributed by atoms with Crippen molar-refractivity contribution in [3.05, 3.63) is 157 Å². The number of anilines is 2. The van der Waals surface area contributed by atoms with Gasteiger partial charge in [0.25, 0.3) is 11.8 Å². The first-order valence-corrected chi connectivity index (χ1v) is 23.8. The van der Waals surface area contributed by atoms with Crippen LogP contribution in [0, 0.1) is 17.6 Å². The van der Waals surface area contributed by atoms with Gasteiger partial charge in [0.05, 0.1) is 59.3 Å². The lowest BCUT2D eigenvalue weighted by Crippen LogP contribution is -2.14. The van der Waals surface area contributed by atoms with Gasteiger partial charge in [0.1, 0.15) is 11.5 Å². The summed E-state index contributed by atoms with van der Waals surface area (Å²) < 4.78 is 53.2. The molecule has 0 radical (unpaired) electrons. The average Bonchev–Trinajstić information content (AvgIpc) is 3.16. The Balaban J connectivity index is 0.000000221. The van der Waals surface area contributed by atoms with Crippen molar-refractivity contribution in [2.75, 3.05) is 10.6 Å². The zero-order valence-corrected chi connectivity index (χ0v) is 40.3. The first-order chi connectivity index (χ1) is 27.2. The second kappa shape index (κ2) is 19.2. The van der Waals surface area contributed by atoms with E-state index in [1.807, 2.05) is 74.7 Å². The molecular weight excluding hydrogens is 1210 g/mol. The number of phenolic OH excluding ortho intramolecular Hbond substituents is 2. The molecule has 0 spiro atoms. The van der Waals surface area contributed by atoms with E-state index in [0.29, 0.717) is 12.2 Å². The largest absolute Gasteiger partial charge is 0.506 e. The van der Waals surface area contributed by atoms with Gasteiger partial charge in [-0.25, -0.2) is 16.8 Å². The minimum Gasteiger partial charge on any atom is -0.506 e. The lowest BCUT2D eigenvalue weighted by atomic mass is 10.2. The highest BCUT2D eigenvalue weighted by Crippen LogP contribution is 2.34. The number of hydrogen-bond acceptors (Lipinski definition) is 8. The summed E-state index contributed by atoms with van der Waals surface area (Å²) in [6, 6.07) is 26.3. The summed E-state index contributed by atoms with van der Waals surface area (Å²) in [5.41, 5.74) is 1.16. The zero-order valence-electron chi connectivity index (χ0n) is 29.2. The van der Waals surface area contributed by atoms with Gasteiger partial charge in [-0.1, -0.05) is 64.1 Å². The smallest absolute Gasteiger partial charge is 0.259 e. The van der Waals surface area contributed by atoms with Crippen LogP contribution in [0.15, 0.2) is 129 Å². The molecule has 4 N–H and O–H groups in total. The first kappa shape index (κ1) is 46.2. The monoisotopic (exact) mass is 1230 g/mol. The van der Waals surface area contributed by atoms with Gasteiger partial charge in [-0.2, -0.15) is 0 Å². The molecule has 300 valence electrons. The second-order valence-electron chi connectivity index (χ2n) is 12.0. The Morgan fingerprint density at radius 3 is 1.38 bits per heavy atom. The first-order valence-electron chi connectivity index (χ1n) is 16.1. The Kier molecular flexibility index (Phi) is 15.3. The van der Waals surface area contributed by atoms with Gasteiger partial charge in [0.2, 0.25) is 19.7 Å². The third kappa shape index (κ3) is 10.9. The number of halogens is 7. The Hall–Kier alpha value is -2.89. The predicted octanol–water partition coefficient (Wildman–Crippen LogP) is 11.7. The lowest BCUT2D eigenvalue weighted by molar-refractivity contribution is 0.101. The number of amides is 2. The molecule has 0 aromatic heterocycles. The molecule has 10 nitrogen and oxygen atoms in total. The van der Waals surface area contributed by atoms with E-state index in [1.54, 1.807) is 18.2 Å². The molecule has 0 aliphatic carbocycles. The summed E-state index contributed by atoms with van der Waals surface area (Å²) in [5.74, 6) is -1.67. The number of hydrogen-bond donors (Lipinski definition) is 4. The fraction of sp³-hybridized carbons (Fsp3) is 0.0256. The van der Waals surface area contributed by atoms with Crippen LogP contribution in [0.4, 0.5) is 11.4 Å². The number of nitrogens with one attached hydrogen (secondary N) is 2. The molecular formula is C39H25Cl4I3N2O8S2. The molecule has 0 aliphatic heterocycles. The van der Waals surface area contributed by atoms with Crippen LogP contribution in [-0.4, -0.2) is 38.9 Å². The van der Waals surface area contributed by atoms with E-state index in [-0.39, 0.29) is 68.7 Å². The summed E-state index contributed by atoms with van der Waals surface area (Å²) in [6.07, 6.45) is 0. The number of carbonyl (C=O) groups excluding carboxylic acids is 2. The van der Waals surface area contributed by atoms with Crippen LogP contribution in [0.1, 0.15) is 26.3 Å². The highest BCUT2D eigenvalue weighted by molar-refractivity contribution is 14.1. The molecule has 0 unspecified atom stereocenters. The van der Waals surface area contributed by atoms with E-state index in [1.165, 1.54) is 91.0 Å². The second-order valence-corrected chi connectivity index (χ2v) is 21.2. The van der Waals surface area contributed by atoms with Crippen LogP contribution in [0.2, 0.25) is 20.1 Å². The minimum absolute atomic E-state index is 0.00231. The maximum absolute atomic E-state index is 12.9. The van der Waals surface area contributed by atoms with E-state index in [2.05, 4.69) is 10.6 Å². The topological polar surface area (TPSA) is 167 Å². The molecule has 0 saturated carbocycles. The zero-order chi connectivity index (χ0) is 42.7. The number of sulfone groups is 2. The summed E-state index contributed by atoms with van der Waals surface area (Å²) >= 11 is 29.9. The summed E-state index contributed by atoms with van der Waals surface area (Å²) in [6.45, 7) is 1.87. The van der Waals surface area contributed by atoms with E-state index >= 15 is 0 Å². The molecule has 0 bridgehead atoms. The fourth-order valence-electron chi connectivity index (χ4n) is 5.00. The molecule has 0 fully saturated rings. The van der Waals surface area contributed by atoms with E-state index in [0.717, 1.165) is 9.13 Å². The molecule has 0 heterocycles. The molecule has 6 aromatic rings. The maximum atomic E-state index is 12.9. The Morgan fingerprint density at radius 2 is 0.914 bits per heavy atom. The molecule has 6 rings (SSSR count). The Morgan fingerprint density at radius 1 is 0.517 bits per heavy atom. The normalized spacial score (nSPS) is 11.3. The quantitative estimate of drug-likeness (QED) is 0.109. The summed E-state index contributed by atoms with van der Waals surface area (Å²) in [7, 11) is -7.64. The fourth-order valence-corrected chi connectivity index (χ4v) is 10.9. The summed E-state index contributed by atoms with van der Waals surface area (Å²) in [4.78, 5) is 25.4. The van der Waals surface area contributed by atoms with Crippen molar-refractivity contribution >= 4 is 157 Å². The number of aromatic hydroxyl groups is 2. The molecule has 58 heavy (non-hydrogen) atoms. The molecule has 0 aliphatic rings. The van der Waals surface area contributed by atoms with Gasteiger partial charge in [0.15, 0.2) is 0 Å². The third-order valence-corrected chi connectivity index (χ3v) is 14.9. The van der Waals surface area contributed by atoms with Crippen LogP contribution < -0.4 is 10.6 Å². The average molecular weight is 1240 g/mol. The number of carbonyl (C=O) groups is 2. The van der Waals surface area contributed by atoms with E-state index in [9.17, 15) is 36.6 Å². The van der Waals surface area contributed by atoms with Gasteiger partial charge in [-0.15, -0.1) is 0 Å². The van der Waals surface area contributed by atoms with Crippen LogP contribution >= 0.6 is 114 Å². The van der Waals surface area contributed by atoms with Gasteiger partial charge in [-0.3, -0.25) is 9.59 Å². The number of rotatable bonds is 8. The maximum Gasteiger partial charge on any atom is 0.259 e. The third-order valence-electron chi connectivity index (χ3n) is 7.99. The van der Waals surface area contributed by atoms with E-state index in [4.69, 9.17) is 46.4 Å². The minimum atomic E-state index is -3.86. The molecule has 0 atom stereocenters. The van der Waals surface area contributed by atoms with Gasteiger partial charge < -0.3 is 20.8 Å². The predicted molar refractivity (Wildman–Crippen MR) is 252 cm³/mol. The van der Waals surface area contributed by atoms with Crippen LogP contribution in [0.3, 0.4) is 0 Å². The van der Waals surface area contributed by atoms with Crippen molar-refractivity contribution in [2.24, 2.45) is 0 Å². The summed E-state index contributed by atoms with van der Waals surface area (Å²) in [5, 5.41) is 26.4. The number of benzene rings is 6. The Labute approximate surface area is 394 Å². The number of aryl methyl sites for hydroxylation is 1.